The maximum Gasteiger partial charge on any atom is 0.220 e. The molecule has 0 radical (unpaired) electrons. The van der Waals surface area contributed by atoms with Crippen molar-refractivity contribution in [1.82, 2.24) is 10.2 Å². The van der Waals surface area contributed by atoms with Crippen molar-refractivity contribution in [2.75, 3.05) is 13.1 Å². The third kappa shape index (κ3) is 3.00. The van der Waals surface area contributed by atoms with Crippen molar-refractivity contribution in [3.05, 3.63) is 21.9 Å². The lowest BCUT2D eigenvalue weighted by atomic mass is 9.81. The van der Waals surface area contributed by atoms with Crippen molar-refractivity contribution in [3.8, 4) is 0 Å². The Balaban J connectivity index is 1.66. The van der Waals surface area contributed by atoms with Gasteiger partial charge in [-0.2, -0.15) is 0 Å². The summed E-state index contributed by atoms with van der Waals surface area (Å²) in [5.41, 5.74) is 0.0693. The van der Waals surface area contributed by atoms with Crippen LogP contribution in [0.15, 0.2) is 12.1 Å². The summed E-state index contributed by atoms with van der Waals surface area (Å²) in [6, 6.07) is 4.43. The summed E-state index contributed by atoms with van der Waals surface area (Å²) >= 11 is 1.89. The second-order valence-electron chi connectivity index (χ2n) is 6.01. The number of aryl methyl sites for hydroxylation is 1. The summed E-state index contributed by atoms with van der Waals surface area (Å²) in [5, 5.41) is 3.28. The quantitative estimate of drug-likeness (QED) is 0.902. The minimum atomic E-state index is 0.0693. The Bertz CT molecular complexity index is 466. The van der Waals surface area contributed by atoms with Crippen LogP contribution in [0.4, 0.5) is 0 Å². The average molecular weight is 278 g/mol. The van der Waals surface area contributed by atoms with Crippen molar-refractivity contribution in [2.45, 2.75) is 51.1 Å². The molecule has 0 unspecified atom stereocenters. The van der Waals surface area contributed by atoms with Gasteiger partial charge in [-0.15, -0.1) is 11.3 Å². The first kappa shape index (κ1) is 13.1. The molecule has 19 heavy (non-hydrogen) atoms. The second-order valence-corrected chi connectivity index (χ2v) is 7.38. The fourth-order valence-corrected chi connectivity index (χ4v) is 4.40. The van der Waals surface area contributed by atoms with E-state index < -0.39 is 0 Å². The topological polar surface area (TPSA) is 32.3 Å². The molecule has 2 saturated heterocycles. The van der Waals surface area contributed by atoms with Gasteiger partial charge in [0.25, 0.3) is 0 Å². The minimum absolute atomic E-state index is 0.0693. The predicted molar refractivity (Wildman–Crippen MR) is 78.3 cm³/mol. The molecule has 1 atom stereocenters. The number of nitrogens with one attached hydrogen (secondary N) is 1. The van der Waals surface area contributed by atoms with Gasteiger partial charge in [0.1, 0.15) is 0 Å². The molecular weight excluding hydrogens is 256 g/mol. The summed E-state index contributed by atoms with van der Waals surface area (Å²) in [4.78, 5) is 17.0. The number of hydrogen-bond donors (Lipinski definition) is 1. The largest absolute Gasteiger partial charge is 0.349 e. The van der Waals surface area contributed by atoms with Crippen LogP contribution >= 0.6 is 11.3 Å². The van der Waals surface area contributed by atoms with Gasteiger partial charge in [0, 0.05) is 29.3 Å². The normalized spacial score (nSPS) is 28.6. The van der Waals surface area contributed by atoms with E-state index in [0.717, 1.165) is 38.9 Å². The number of likely N-dealkylation sites (tertiary alicyclic amines) is 1. The Kier molecular flexibility index (Phi) is 3.63. The van der Waals surface area contributed by atoms with E-state index >= 15 is 0 Å². The second kappa shape index (κ2) is 5.25. The minimum Gasteiger partial charge on any atom is -0.349 e. The Morgan fingerprint density at radius 3 is 2.95 bits per heavy atom. The molecule has 0 bridgehead atoms. The molecule has 104 valence electrons. The zero-order chi connectivity index (χ0) is 13.3. The third-order valence-corrected chi connectivity index (χ3v) is 5.28. The molecule has 0 saturated carbocycles. The molecule has 4 heteroatoms. The maximum absolute atomic E-state index is 11.7. The standard InChI is InChI=1S/C15H22N2OS/c1-12-5-6-13(19-12)10-17-9-3-8-15(11-17)7-2-4-14(18)16-15/h5-6H,2-4,7-11H2,1H3,(H,16,18)/t15-/m0/s1. The van der Waals surface area contributed by atoms with E-state index in [1.165, 1.54) is 16.2 Å². The molecule has 0 aliphatic carbocycles. The van der Waals surface area contributed by atoms with Gasteiger partial charge in [-0.25, -0.2) is 0 Å². The van der Waals surface area contributed by atoms with E-state index in [1.807, 2.05) is 11.3 Å². The highest BCUT2D eigenvalue weighted by Crippen LogP contribution is 2.31. The van der Waals surface area contributed by atoms with E-state index in [0.29, 0.717) is 6.42 Å². The number of carbonyl (C=O) groups is 1. The van der Waals surface area contributed by atoms with Crippen LogP contribution in [0.2, 0.25) is 0 Å². The van der Waals surface area contributed by atoms with E-state index in [4.69, 9.17) is 0 Å². The Morgan fingerprint density at radius 2 is 2.21 bits per heavy atom. The summed E-state index contributed by atoms with van der Waals surface area (Å²) < 4.78 is 0. The van der Waals surface area contributed by atoms with Gasteiger partial charge in [-0.1, -0.05) is 0 Å². The van der Waals surface area contributed by atoms with Gasteiger partial charge >= 0.3 is 0 Å². The molecule has 0 aromatic carbocycles. The first-order valence-electron chi connectivity index (χ1n) is 7.24. The van der Waals surface area contributed by atoms with Crippen molar-refractivity contribution in [1.29, 1.82) is 0 Å². The maximum atomic E-state index is 11.7. The highest BCUT2D eigenvalue weighted by Gasteiger charge is 2.38. The monoisotopic (exact) mass is 278 g/mol. The molecule has 3 rings (SSSR count). The molecule has 1 spiro atoms. The first-order valence-corrected chi connectivity index (χ1v) is 8.06. The summed E-state index contributed by atoms with van der Waals surface area (Å²) in [6.45, 7) is 5.38. The molecule has 1 amide bonds. The van der Waals surface area contributed by atoms with Gasteiger partial charge in [-0.05, 0) is 51.3 Å². The van der Waals surface area contributed by atoms with Crippen LogP contribution in [-0.4, -0.2) is 29.4 Å². The number of rotatable bonds is 2. The van der Waals surface area contributed by atoms with E-state index in [-0.39, 0.29) is 11.4 Å². The van der Waals surface area contributed by atoms with Crippen LogP contribution in [-0.2, 0) is 11.3 Å². The number of carbonyl (C=O) groups excluding carboxylic acids is 1. The van der Waals surface area contributed by atoms with Crippen LogP contribution in [0.5, 0.6) is 0 Å². The van der Waals surface area contributed by atoms with Crippen LogP contribution in [0.25, 0.3) is 0 Å². The molecule has 1 aromatic heterocycles. The van der Waals surface area contributed by atoms with Crippen molar-refractivity contribution < 1.29 is 4.79 Å². The highest BCUT2D eigenvalue weighted by molar-refractivity contribution is 7.11. The highest BCUT2D eigenvalue weighted by atomic mass is 32.1. The first-order chi connectivity index (χ1) is 9.15. The van der Waals surface area contributed by atoms with Gasteiger partial charge in [-0.3, -0.25) is 9.69 Å². The number of piperidine rings is 2. The molecular formula is C15H22N2OS. The van der Waals surface area contributed by atoms with E-state index in [9.17, 15) is 4.79 Å². The van der Waals surface area contributed by atoms with Crippen LogP contribution in [0.1, 0.15) is 41.9 Å². The third-order valence-electron chi connectivity index (χ3n) is 4.30. The van der Waals surface area contributed by atoms with Crippen molar-refractivity contribution in [2.24, 2.45) is 0 Å². The zero-order valence-electron chi connectivity index (χ0n) is 11.6. The molecule has 1 aromatic rings. The predicted octanol–water partition coefficient (Wildman–Crippen LogP) is 2.69. The fraction of sp³-hybridized carbons (Fsp3) is 0.667. The van der Waals surface area contributed by atoms with Crippen molar-refractivity contribution in [3.63, 3.8) is 0 Å². The molecule has 2 aliphatic heterocycles. The van der Waals surface area contributed by atoms with E-state index in [1.54, 1.807) is 0 Å². The number of thiophene rings is 1. The van der Waals surface area contributed by atoms with E-state index in [2.05, 4.69) is 29.3 Å². The SMILES string of the molecule is Cc1ccc(CN2CCC[C@@]3(CCCC(=O)N3)C2)s1. The lowest BCUT2D eigenvalue weighted by molar-refractivity contribution is -0.126. The number of amides is 1. The number of hydrogen-bond acceptors (Lipinski definition) is 3. The molecule has 3 heterocycles. The van der Waals surface area contributed by atoms with Crippen LogP contribution < -0.4 is 5.32 Å². The van der Waals surface area contributed by atoms with Gasteiger partial charge in [0.2, 0.25) is 5.91 Å². The summed E-state index contributed by atoms with van der Waals surface area (Å²) in [5.74, 6) is 0.250. The summed E-state index contributed by atoms with van der Waals surface area (Å²) in [6.07, 6.45) is 5.27. The molecule has 3 nitrogen and oxygen atoms in total. The molecule has 1 N–H and O–H groups in total. The van der Waals surface area contributed by atoms with Crippen LogP contribution in [0.3, 0.4) is 0 Å². The Hall–Kier alpha value is -0.870. The average Bonchev–Trinajstić information content (AvgIpc) is 2.74. The lowest BCUT2D eigenvalue weighted by Gasteiger charge is -2.45. The lowest BCUT2D eigenvalue weighted by Crippen LogP contribution is -2.60. The van der Waals surface area contributed by atoms with Gasteiger partial charge in [0.05, 0.1) is 5.54 Å². The summed E-state index contributed by atoms with van der Waals surface area (Å²) in [7, 11) is 0. The molecule has 2 aliphatic rings. The van der Waals surface area contributed by atoms with Gasteiger partial charge < -0.3 is 5.32 Å². The van der Waals surface area contributed by atoms with Crippen molar-refractivity contribution >= 4 is 17.2 Å². The fourth-order valence-electron chi connectivity index (χ4n) is 3.47. The smallest absolute Gasteiger partial charge is 0.220 e. The zero-order valence-corrected chi connectivity index (χ0v) is 12.4. The van der Waals surface area contributed by atoms with Crippen LogP contribution in [0, 0.1) is 6.92 Å². The van der Waals surface area contributed by atoms with Gasteiger partial charge in [0.15, 0.2) is 0 Å². The molecule has 2 fully saturated rings. The Labute approximate surface area is 119 Å². The Morgan fingerprint density at radius 1 is 1.37 bits per heavy atom. The number of nitrogens with zero attached hydrogens (tertiary/aromatic N) is 1.